The number of nitrogens with one attached hydrogen (secondary N) is 1. The van der Waals surface area contributed by atoms with Crippen LogP contribution in [-0.2, 0) is 0 Å². The van der Waals surface area contributed by atoms with E-state index in [4.69, 9.17) is 21.1 Å². The molecule has 1 aliphatic heterocycles. The van der Waals surface area contributed by atoms with E-state index >= 15 is 0 Å². The summed E-state index contributed by atoms with van der Waals surface area (Å²) in [6.45, 7) is 5.67. The van der Waals surface area contributed by atoms with Gasteiger partial charge in [0.2, 0.25) is 0 Å². The van der Waals surface area contributed by atoms with Gasteiger partial charge in [-0.15, -0.1) is 0 Å². The highest BCUT2D eigenvalue weighted by atomic mass is 35.5. The van der Waals surface area contributed by atoms with E-state index in [9.17, 15) is 4.79 Å². The lowest BCUT2D eigenvalue weighted by atomic mass is 9.92. The number of hydrogen-bond donors (Lipinski definition) is 1. The molecule has 0 aliphatic carbocycles. The molecule has 0 radical (unpaired) electrons. The summed E-state index contributed by atoms with van der Waals surface area (Å²) in [7, 11) is 0. The highest BCUT2D eigenvalue weighted by Gasteiger charge is 2.34. The number of carbonyl (C=O) groups is 1. The molecule has 0 saturated carbocycles. The van der Waals surface area contributed by atoms with Crippen LogP contribution in [0.15, 0.2) is 91.0 Å². The molecular formula is C30H27ClN2O3. The average molecular weight is 499 g/mol. The van der Waals surface area contributed by atoms with Crippen molar-refractivity contribution in [2.75, 3.05) is 23.3 Å². The van der Waals surface area contributed by atoms with E-state index in [0.29, 0.717) is 22.1 Å². The molecule has 6 heteroatoms. The number of carbonyl (C=O) groups excluding carboxylic acids is 1. The quantitative estimate of drug-likeness (QED) is 0.209. The summed E-state index contributed by atoms with van der Waals surface area (Å²) >= 11 is 6.54. The molecular weight excluding hydrogens is 472 g/mol. The Bertz CT molecular complexity index is 1390. The van der Waals surface area contributed by atoms with Crippen LogP contribution in [0.2, 0.25) is 5.02 Å². The van der Waals surface area contributed by atoms with Gasteiger partial charge in [0.1, 0.15) is 11.5 Å². The SMILES string of the molecule is CCN(CC)c1ccc2c(c1OC(=O)c1ccccc1)C(Nc1ccccc1Cl)c1ccccc1O2. The van der Waals surface area contributed by atoms with E-state index in [1.165, 1.54) is 0 Å². The largest absolute Gasteiger partial charge is 0.456 e. The molecule has 182 valence electrons. The first-order valence-corrected chi connectivity index (χ1v) is 12.4. The molecule has 0 spiro atoms. The summed E-state index contributed by atoms with van der Waals surface area (Å²) in [6.07, 6.45) is 0. The number of anilines is 2. The van der Waals surface area contributed by atoms with Crippen molar-refractivity contribution < 1.29 is 14.3 Å². The Balaban J connectivity index is 1.70. The van der Waals surface area contributed by atoms with Crippen LogP contribution in [0, 0.1) is 0 Å². The van der Waals surface area contributed by atoms with Crippen molar-refractivity contribution in [1.29, 1.82) is 0 Å². The minimum atomic E-state index is -0.423. The molecule has 0 aromatic heterocycles. The Hall–Kier alpha value is -3.96. The number of rotatable bonds is 7. The lowest BCUT2D eigenvalue weighted by molar-refractivity contribution is 0.0733. The number of esters is 1. The number of ether oxygens (including phenoxy) is 2. The first-order valence-electron chi connectivity index (χ1n) is 12.1. The Kier molecular flexibility index (Phi) is 6.83. The van der Waals surface area contributed by atoms with Crippen LogP contribution in [0.5, 0.6) is 17.2 Å². The van der Waals surface area contributed by atoms with Crippen molar-refractivity contribution in [3.8, 4) is 17.2 Å². The van der Waals surface area contributed by atoms with Gasteiger partial charge in [-0.1, -0.05) is 60.1 Å². The molecule has 1 unspecified atom stereocenters. The molecule has 1 N–H and O–H groups in total. The third-order valence-corrected chi connectivity index (χ3v) is 6.69. The Morgan fingerprint density at radius 3 is 2.33 bits per heavy atom. The number of fused-ring (bicyclic) bond motifs is 2. The lowest BCUT2D eigenvalue weighted by Gasteiger charge is -2.33. The molecule has 1 heterocycles. The van der Waals surface area contributed by atoms with Crippen LogP contribution in [0.1, 0.15) is 41.4 Å². The van der Waals surface area contributed by atoms with E-state index < -0.39 is 5.97 Å². The van der Waals surface area contributed by atoms with Crippen LogP contribution < -0.4 is 19.7 Å². The minimum absolute atomic E-state index is 0.362. The van der Waals surface area contributed by atoms with Gasteiger partial charge >= 0.3 is 5.97 Å². The van der Waals surface area contributed by atoms with Gasteiger partial charge in [0.05, 0.1) is 33.6 Å². The number of nitrogens with zero attached hydrogens (tertiary/aromatic N) is 1. The van der Waals surface area contributed by atoms with Crippen molar-refractivity contribution in [3.05, 3.63) is 113 Å². The first kappa shape index (κ1) is 23.8. The van der Waals surface area contributed by atoms with Gasteiger partial charge < -0.3 is 19.7 Å². The highest BCUT2D eigenvalue weighted by molar-refractivity contribution is 6.33. The second kappa shape index (κ2) is 10.3. The fraction of sp³-hybridized carbons (Fsp3) is 0.167. The van der Waals surface area contributed by atoms with Crippen LogP contribution in [0.25, 0.3) is 0 Å². The maximum atomic E-state index is 13.3. The van der Waals surface area contributed by atoms with Crippen LogP contribution in [0.4, 0.5) is 11.4 Å². The van der Waals surface area contributed by atoms with Crippen LogP contribution >= 0.6 is 11.6 Å². The summed E-state index contributed by atoms with van der Waals surface area (Å²) in [5, 5.41) is 4.20. The van der Waals surface area contributed by atoms with E-state index in [0.717, 1.165) is 41.3 Å². The normalized spacial score (nSPS) is 13.7. The molecule has 0 amide bonds. The zero-order valence-electron chi connectivity index (χ0n) is 20.2. The van der Waals surface area contributed by atoms with Gasteiger partial charge in [-0.05, 0) is 56.3 Å². The third-order valence-electron chi connectivity index (χ3n) is 6.36. The third kappa shape index (κ3) is 4.50. The average Bonchev–Trinajstić information content (AvgIpc) is 2.91. The lowest BCUT2D eigenvalue weighted by Crippen LogP contribution is -2.26. The van der Waals surface area contributed by atoms with Crippen molar-refractivity contribution in [2.45, 2.75) is 19.9 Å². The Morgan fingerprint density at radius 1 is 0.889 bits per heavy atom. The molecule has 1 aliphatic rings. The summed E-state index contributed by atoms with van der Waals surface area (Å²) < 4.78 is 12.5. The number of benzene rings is 4. The highest BCUT2D eigenvalue weighted by Crippen LogP contribution is 2.51. The second-order valence-electron chi connectivity index (χ2n) is 8.45. The molecule has 0 fully saturated rings. The van der Waals surface area contributed by atoms with Gasteiger partial charge in [-0.25, -0.2) is 4.79 Å². The maximum Gasteiger partial charge on any atom is 0.343 e. The van der Waals surface area contributed by atoms with Gasteiger partial charge in [0, 0.05) is 18.7 Å². The molecule has 0 bridgehead atoms. The Labute approximate surface area is 216 Å². The summed E-state index contributed by atoms with van der Waals surface area (Å²) in [5.74, 6) is 1.42. The number of halogens is 1. The molecule has 4 aromatic rings. The Morgan fingerprint density at radius 2 is 1.58 bits per heavy atom. The summed E-state index contributed by atoms with van der Waals surface area (Å²) in [4.78, 5) is 15.5. The second-order valence-corrected chi connectivity index (χ2v) is 8.86. The smallest absolute Gasteiger partial charge is 0.343 e. The first-order chi connectivity index (χ1) is 17.6. The minimum Gasteiger partial charge on any atom is -0.456 e. The molecule has 5 nitrogen and oxygen atoms in total. The zero-order valence-corrected chi connectivity index (χ0v) is 21.0. The van der Waals surface area contributed by atoms with E-state index in [-0.39, 0.29) is 6.04 Å². The fourth-order valence-corrected chi connectivity index (χ4v) is 4.74. The predicted molar refractivity (Wildman–Crippen MR) is 145 cm³/mol. The van der Waals surface area contributed by atoms with Crippen molar-refractivity contribution >= 4 is 28.9 Å². The molecule has 5 rings (SSSR count). The predicted octanol–water partition coefficient (Wildman–Crippen LogP) is 7.71. The molecule has 36 heavy (non-hydrogen) atoms. The zero-order chi connectivity index (χ0) is 25.1. The van der Waals surface area contributed by atoms with Crippen molar-refractivity contribution in [3.63, 3.8) is 0 Å². The number of para-hydroxylation sites is 2. The van der Waals surface area contributed by atoms with Crippen LogP contribution in [0.3, 0.4) is 0 Å². The fourth-order valence-electron chi connectivity index (χ4n) is 4.55. The van der Waals surface area contributed by atoms with E-state index in [2.05, 4.69) is 24.1 Å². The standard InChI is InChI=1S/C30H27ClN2O3/c1-3-33(4-2)24-18-19-26-27(29(24)36-30(34)20-12-6-5-7-13-20)28(21-14-8-11-17-25(21)35-26)32-23-16-10-9-15-22(23)31/h5-19,28,32H,3-4H2,1-2H3. The molecule has 1 atom stereocenters. The summed E-state index contributed by atoms with van der Waals surface area (Å²) in [6, 6.07) is 28.0. The molecule has 0 saturated heterocycles. The van der Waals surface area contributed by atoms with Gasteiger partial charge in [-0.3, -0.25) is 0 Å². The van der Waals surface area contributed by atoms with E-state index in [1.807, 2.05) is 78.9 Å². The van der Waals surface area contributed by atoms with Crippen LogP contribution in [-0.4, -0.2) is 19.1 Å². The van der Waals surface area contributed by atoms with Gasteiger partial charge in [0.25, 0.3) is 0 Å². The van der Waals surface area contributed by atoms with Gasteiger partial charge in [0.15, 0.2) is 5.75 Å². The van der Waals surface area contributed by atoms with Gasteiger partial charge in [-0.2, -0.15) is 0 Å². The topological polar surface area (TPSA) is 50.8 Å². The maximum absolute atomic E-state index is 13.3. The van der Waals surface area contributed by atoms with Crippen molar-refractivity contribution in [1.82, 2.24) is 0 Å². The monoisotopic (exact) mass is 498 g/mol. The molecule has 4 aromatic carbocycles. The summed E-state index contributed by atoms with van der Waals surface area (Å²) in [5.41, 5.74) is 3.77. The van der Waals surface area contributed by atoms with E-state index in [1.54, 1.807) is 12.1 Å². The van der Waals surface area contributed by atoms with Crippen molar-refractivity contribution in [2.24, 2.45) is 0 Å². The number of hydrogen-bond acceptors (Lipinski definition) is 5.